The summed E-state index contributed by atoms with van der Waals surface area (Å²) in [5, 5.41) is 5.79. The molecule has 3 aromatic heterocycles. The van der Waals surface area contributed by atoms with Crippen LogP contribution in [0.4, 0.5) is 5.69 Å². The van der Waals surface area contributed by atoms with E-state index >= 15 is 0 Å². The molecule has 8 aromatic rings. The zero-order valence-electron chi connectivity index (χ0n) is 29.4. The average molecular weight is 728 g/mol. The van der Waals surface area contributed by atoms with E-state index in [0.717, 1.165) is 52.2 Å². The monoisotopic (exact) mass is 727 g/mol. The number of aromatic nitrogens is 4. The minimum absolute atomic E-state index is 0.185. The van der Waals surface area contributed by atoms with E-state index in [1.54, 1.807) is 42.7 Å². The molecule has 9 heteroatoms. The van der Waals surface area contributed by atoms with Gasteiger partial charge in [0.1, 0.15) is 5.54 Å². The van der Waals surface area contributed by atoms with Gasteiger partial charge in [0.25, 0.3) is 10.0 Å². The molecule has 1 aliphatic rings. The first-order chi connectivity index (χ1) is 26.5. The van der Waals surface area contributed by atoms with Gasteiger partial charge in [0.15, 0.2) is 5.65 Å². The molecule has 4 heterocycles. The fraction of sp³-hybridized carbons (Fsp3) is 0.111. The molecule has 1 aliphatic heterocycles. The highest BCUT2D eigenvalue weighted by Crippen LogP contribution is 2.42. The van der Waals surface area contributed by atoms with E-state index in [4.69, 9.17) is 14.8 Å². The molecule has 0 radical (unpaired) electrons. The van der Waals surface area contributed by atoms with Gasteiger partial charge in [0.2, 0.25) is 0 Å². The van der Waals surface area contributed by atoms with Gasteiger partial charge in [-0.05, 0) is 52.6 Å². The van der Waals surface area contributed by atoms with Crippen LogP contribution in [-0.4, -0.2) is 53.5 Å². The van der Waals surface area contributed by atoms with Crippen molar-refractivity contribution in [3.05, 3.63) is 193 Å². The molecular formula is C45H37N5O3S. The van der Waals surface area contributed by atoms with Gasteiger partial charge in [-0.1, -0.05) is 121 Å². The van der Waals surface area contributed by atoms with Gasteiger partial charge in [0, 0.05) is 59.4 Å². The second-order valence-electron chi connectivity index (χ2n) is 13.4. The average Bonchev–Trinajstić information content (AvgIpc) is 3.89. The van der Waals surface area contributed by atoms with Gasteiger partial charge >= 0.3 is 0 Å². The normalized spacial score (nSPS) is 13.7. The quantitative estimate of drug-likeness (QED) is 0.139. The summed E-state index contributed by atoms with van der Waals surface area (Å²) in [7, 11) is -3.99. The molecule has 54 heavy (non-hydrogen) atoms. The van der Waals surface area contributed by atoms with Gasteiger partial charge < -0.3 is 9.64 Å². The number of anilines is 1. The van der Waals surface area contributed by atoms with Crippen molar-refractivity contribution in [1.29, 1.82) is 0 Å². The smallest absolute Gasteiger partial charge is 0.269 e. The van der Waals surface area contributed by atoms with Crippen molar-refractivity contribution in [1.82, 2.24) is 18.7 Å². The van der Waals surface area contributed by atoms with E-state index in [0.29, 0.717) is 29.8 Å². The lowest BCUT2D eigenvalue weighted by Crippen LogP contribution is -2.38. The molecule has 266 valence electrons. The maximum absolute atomic E-state index is 14.2. The summed E-state index contributed by atoms with van der Waals surface area (Å²) in [5.41, 5.74) is 7.10. The molecule has 5 aromatic carbocycles. The summed E-state index contributed by atoms with van der Waals surface area (Å²) in [4.78, 5) is 7.34. The van der Waals surface area contributed by atoms with Crippen LogP contribution in [0.5, 0.6) is 0 Å². The maximum Gasteiger partial charge on any atom is 0.269 e. The van der Waals surface area contributed by atoms with E-state index in [9.17, 15) is 8.42 Å². The Morgan fingerprint density at radius 3 is 1.72 bits per heavy atom. The predicted octanol–water partition coefficient (Wildman–Crippen LogP) is 8.48. The number of rotatable bonds is 9. The van der Waals surface area contributed by atoms with E-state index in [-0.39, 0.29) is 4.90 Å². The summed E-state index contributed by atoms with van der Waals surface area (Å²) in [5.74, 6) is 0. The Hall–Kier alpha value is -6.29. The van der Waals surface area contributed by atoms with Crippen LogP contribution in [0.25, 0.3) is 33.3 Å². The lowest BCUT2D eigenvalue weighted by molar-refractivity contribution is 0.122. The standard InChI is InChI=1S/C45H37N5O3S/c51-54(52,41-19-11-4-12-20-41)49-33-43(42-29-35(30-46-44(42)49)34-21-23-40(24-22-34)48-25-27-53-28-26-48)36-31-47-50(32-36)45(37-13-5-1-6-14-37,38-15-7-2-8-16-38)39-17-9-3-10-18-39/h1-24,29-33H,25-28H2. The van der Waals surface area contributed by atoms with Crippen LogP contribution in [-0.2, 0) is 20.3 Å². The van der Waals surface area contributed by atoms with Crippen molar-refractivity contribution >= 4 is 26.7 Å². The number of ether oxygens (including phenoxy) is 1. The molecule has 9 rings (SSSR count). The zero-order valence-corrected chi connectivity index (χ0v) is 30.3. The highest BCUT2D eigenvalue weighted by atomic mass is 32.2. The number of nitrogens with zero attached hydrogens (tertiary/aromatic N) is 5. The summed E-state index contributed by atoms with van der Waals surface area (Å²) in [6.45, 7) is 3.14. The second-order valence-corrected chi connectivity index (χ2v) is 15.2. The SMILES string of the molecule is O=S(=O)(c1ccccc1)n1cc(-c2cnn(C(c3ccccc3)(c3ccccc3)c3ccccc3)c2)c2cc(-c3ccc(N4CCOCC4)cc3)cnc21. The Morgan fingerprint density at radius 1 is 0.593 bits per heavy atom. The lowest BCUT2D eigenvalue weighted by Gasteiger charge is -2.36. The van der Waals surface area contributed by atoms with Gasteiger partial charge in [-0.25, -0.2) is 17.4 Å². The lowest BCUT2D eigenvalue weighted by atomic mass is 9.77. The van der Waals surface area contributed by atoms with Gasteiger partial charge in [0.05, 0.1) is 24.3 Å². The first kappa shape index (κ1) is 33.5. The van der Waals surface area contributed by atoms with Gasteiger partial charge in [-0.2, -0.15) is 5.10 Å². The molecular weight excluding hydrogens is 691 g/mol. The molecule has 1 saturated heterocycles. The Bertz CT molecular complexity index is 2540. The zero-order chi connectivity index (χ0) is 36.5. The van der Waals surface area contributed by atoms with Crippen LogP contribution >= 0.6 is 0 Å². The summed E-state index contributed by atoms with van der Waals surface area (Å²) >= 11 is 0. The third-order valence-electron chi connectivity index (χ3n) is 10.3. The number of benzene rings is 5. The number of hydrogen-bond acceptors (Lipinski definition) is 6. The van der Waals surface area contributed by atoms with E-state index < -0.39 is 15.6 Å². The van der Waals surface area contributed by atoms with E-state index in [1.807, 2.05) is 77.7 Å². The highest BCUT2D eigenvalue weighted by molar-refractivity contribution is 7.90. The molecule has 0 N–H and O–H groups in total. The predicted molar refractivity (Wildman–Crippen MR) is 213 cm³/mol. The second kappa shape index (κ2) is 13.9. The van der Waals surface area contributed by atoms with Crippen molar-refractivity contribution < 1.29 is 13.2 Å². The fourth-order valence-electron chi connectivity index (χ4n) is 7.62. The van der Waals surface area contributed by atoms with Crippen molar-refractivity contribution in [2.24, 2.45) is 0 Å². The van der Waals surface area contributed by atoms with Gasteiger partial charge in [-0.15, -0.1) is 0 Å². The highest BCUT2D eigenvalue weighted by Gasteiger charge is 2.39. The topological polar surface area (TPSA) is 82.2 Å². The molecule has 0 spiro atoms. The van der Waals surface area contributed by atoms with Crippen molar-refractivity contribution in [2.75, 3.05) is 31.2 Å². The van der Waals surface area contributed by atoms with Crippen molar-refractivity contribution in [3.63, 3.8) is 0 Å². The molecule has 1 fully saturated rings. The van der Waals surface area contributed by atoms with Crippen LogP contribution in [0.3, 0.4) is 0 Å². The molecule has 0 atom stereocenters. The number of fused-ring (bicyclic) bond motifs is 1. The maximum atomic E-state index is 14.2. The first-order valence-electron chi connectivity index (χ1n) is 18.0. The van der Waals surface area contributed by atoms with Gasteiger partial charge in [-0.3, -0.25) is 4.68 Å². The third-order valence-corrected chi connectivity index (χ3v) is 12.0. The Morgan fingerprint density at radius 2 is 1.15 bits per heavy atom. The van der Waals surface area contributed by atoms with Crippen molar-refractivity contribution in [3.8, 4) is 22.3 Å². The number of morpholine rings is 1. The van der Waals surface area contributed by atoms with Crippen molar-refractivity contribution in [2.45, 2.75) is 10.4 Å². The Kier molecular flexibility index (Phi) is 8.65. The van der Waals surface area contributed by atoms with E-state index in [2.05, 4.69) is 65.6 Å². The van der Waals surface area contributed by atoms with E-state index in [1.165, 1.54) is 3.97 Å². The minimum Gasteiger partial charge on any atom is -0.378 e. The molecule has 0 amide bonds. The van der Waals surface area contributed by atoms with Crippen LogP contribution < -0.4 is 4.90 Å². The van der Waals surface area contributed by atoms with Crippen LogP contribution in [0.2, 0.25) is 0 Å². The minimum atomic E-state index is -3.99. The van der Waals surface area contributed by atoms with Crippen LogP contribution in [0.15, 0.2) is 181 Å². The molecule has 0 saturated carbocycles. The Labute approximate surface area is 314 Å². The third kappa shape index (κ3) is 5.78. The molecule has 8 nitrogen and oxygen atoms in total. The largest absolute Gasteiger partial charge is 0.378 e. The first-order valence-corrected chi connectivity index (χ1v) is 19.4. The number of hydrogen-bond donors (Lipinski definition) is 0. The summed E-state index contributed by atoms with van der Waals surface area (Å²) in [6, 6.07) is 50.0. The molecule has 0 bridgehead atoms. The summed E-state index contributed by atoms with van der Waals surface area (Å²) < 4.78 is 37.3. The van der Waals surface area contributed by atoms with Crippen LogP contribution in [0, 0.1) is 0 Å². The molecule has 0 unspecified atom stereocenters. The summed E-state index contributed by atoms with van der Waals surface area (Å²) in [6.07, 6.45) is 7.27. The molecule has 0 aliphatic carbocycles. The number of pyridine rings is 1. The Balaban J connectivity index is 1.23. The fourth-order valence-corrected chi connectivity index (χ4v) is 8.97. The van der Waals surface area contributed by atoms with Crippen LogP contribution in [0.1, 0.15) is 16.7 Å².